The number of rotatable bonds is 5. The van der Waals surface area contributed by atoms with Gasteiger partial charge in [0.05, 0.1) is 10.1 Å². The monoisotopic (exact) mass is 455 g/mol. The number of benzene rings is 1. The zero-order valence-electron chi connectivity index (χ0n) is 11.1. The lowest BCUT2D eigenvalue weighted by Crippen LogP contribution is -2.24. The zero-order valence-corrected chi connectivity index (χ0v) is 16.4. The second-order valence-electron chi connectivity index (χ2n) is 4.08. The third-order valence-corrected chi connectivity index (χ3v) is 4.82. The second kappa shape index (κ2) is 9.47. The van der Waals surface area contributed by atoms with Crippen LogP contribution in [0.25, 0.3) is 10.1 Å². The molecule has 1 rings (SSSR count). The van der Waals surface area contributed by atoms with Crippen molar-refractivity contribution in [2.75, 3.05) is 5.88 Å². The van der Waals surface area contributed by atoms with Gasteiger partial charge in [0.15, 0.2) is 0 Å². The molecule has 2 N–H and O–H groups in total. The Kier molecular flexibility index (Phi) is 8.67. The number of aromatic hydroxyl groups is 1. The summed E-state index contributed by atoms with van der Waals surface area (Å²) < 4.78 is -0.428. The highest BCUT2D eigenvalue weighted by atomic mass is 35.5. The van der Waals surface area contributed by atoms with Crippen molar-refractivity contribution in [3.8, 4) is 5.75 Å². The van der Waals surface area contributed by atoms with Crippen LogP contribution in [0.4, 0.5) is 0 Å². The molecule has 126 valence electrons. The first-order valence-electron chi connectivity index (χ1n) is 5.79. The number of carbonyl (C=O) groups excluding carboxylic acids is 1. The van der Waals surface area contributed by atoms with Crippen molar-refractivity contribution in [1.82, 2.24) is 5.32 Å². The van der Waals surface area contributed by atoms with Crippen LogP contribution in [0.2, 0.25) is 0 Å². The molecular weight excluding hydrogens is 450 g/mol. The minimum atomic E-state index is -0.431. The maximum Gasteiger partial charge on any atom is 0.235 e. The predicted molar refractivity (Wildman–Crippen MR) is 99.6 cm³/mol. The summed E-state index contributed by atoms with van der Waals surface area (Å²) in [7, 11) is 0. The second-order valence-corrected chi connectivity index (χ2v) is 7.00. The molecule has 0 bridgehead atoms. The van der Waals surface area contributed by atoms with Crippen LogP contribution in [-0.2, 0) is 11.3 Å². The highest BCUT2D eigenvalue weighted by Gasteiger charge is 2.18. The quantitative estimate of drug-likeness (QED) is 0.538. The van der Waals surface area contributed by atoms with E-state index in [1.807, 2.05) is 0 Å². The number of hydrogen-bond donors (Lipinski definition) is 2. The fourth-order valence-electron chi connectivity index (χ4n) is 1.61. The number of halogens is 7. The van der Waals surface area contributed by atoms with Crippen LogP contribution in [0.5, 0.6) is 5.75 Å². The van der Waals surface area contributed by atoms with Gasteiger partial charge in [-0.15, -0.1) is 11.6 Å². The molecule has 3 nitrogen and oxygen atoms in total. The molecule has 0 aliphatic heterocycles. The molecule has 10 heteroatoms. The van der Waals surface area contributed by atoms with Crippen LogP contribution in [0, 0.1) is 0 Å². The average molecular weight is 458 g/mol. The van der Waals surface area contributed by atoms with Gasteiger partial charge in [-0.3, -0.25) is 4.79 Å². The number of carbonyl (C=O) groups is 1. The molecule has 23 heavy (non-hydrogen) atoms. The van der Waals surface area contributed by atoms with Gasteiger partial charge in [0.25, 0.3) is 0 Å². The van der Waals surface area contributed by atoms with E-state index in [0.717, 1.165) is 0 Å². The summed E-state index contributed by atoms with van der Waals surface area (Å²) in [5.41, 5.74) is 0.815. The smallest absolute Gasteiger partial charge is 0.235 e. The van der Waals surface area contributed by atoms with Crippen LogP contribution in [-0.4, -0.2) is 16.9 Å². The minimum absolute atomic E-state index is 0.00334. The molecule has 0 unspecified atom stereocenters. The van der Waals surface area contributed by atoms with Crippen LogP contribution in [0.1, 0.15) is 16.7 Å². The van der Waals surface area contributed by atoms with Crippen molar-refractivity contribution in [2.24, 2.45) is 0 Å². The fourth-order valence-corrected chi connectivity index (χ4v) is 2.40. The Labute approximate surface area is 167 Å². The number of amides is 1. The first-order chi connectivity index (χ1) is 10.7. The lowest BCUT2D eigenvalue weighted by molar-refractivity contribution is -0.118. The van der Waals surface area contributed by atoms with Gasteiger partial charge >= 0.3 is 0 Å². The zero-order chi connectivity index (χ0) is 17.7. The largest absolute Gasteiger partial charge is 0.508 e. The topological polar surface area (TPSA) is 49.3 Å². The summed E-state index contributed by atoms with van der Waals surface area (Å²) >= 11 is 40.1. The van der Waals surface area contributed by atoms with Crippen LogP contribution in [0.15, 0.2) is 21.1 Å². The molecule has 0 saturated carbocycles. The van der Waals surface area contributed by atoms with Gasteiger partial charge in [-0.2, -0.15) is 0 Å². The minimum Gasteiger partial charge on any atom is -0.508 e. The van der Waals surface area contributed by atoms with Crippen LogP contribution in [0.3, 0.4) is 0 Å². The van der Waals surface area contributed by atoms with Crippen molar-refractivity contribution in [3.63, 3.8) is 0 Å². The maximum atomic E-state index is 11.3. The van der Waals surface area contributed by atoms with Gasteiger partial charge in [-0.25, -0.2) is 0 Å². The summed E-state index contributed by atoms with van der Waals surface area (Å²) in [5.74, 6) is -0.877. The SMILES string of the molecule is O=C(CCl)NCc1c(O)cc(C(Cl)=C(Cl)Cl)cc1C(Cl)=C(Cl)Cl. The normalized spacial score (nSPS) is 10.2. The number of phenolic OH excluding ortho intramolecular Hbond substituents is 1. The Morgan fingerprint density at radius 1 is 1.00 bits per heavy atom. The van der Waals surface area contributed by atoms with Crippen molar-refractivity contribution in [3.05, 3.63) is 37.8 Å². The molecule has 0 heterocycles. The van der Waals surface area contributed by atoms with E-state index in [-0.39, 0.29) is 48.3 Å². The lowest BCUT2D eigenvalue weighted by atomic mass is 10.0. The van der Waals surface area contributed by atoms with E-state index in [9.17, 15) is 9.90 Å². The first kappa shape index (κ1) is 21.0. The van der Waals surface area contributed by atoms with Gasteiger partial charge in [0, 0.05) is 17.7 Å². The molecule has 0 saturated heterocycles. The number of hydrogen-bond acceptors (Lipinski definition) is 2. The number of phenols is 1. The summed E-state index contributed by atoms with van der Waals surface area (Å²) in [4.78, 5) is 11.3. The lowest BCUT2D eigenvalue weighted by Gasteiger charge is -2.14. The highest BCUT2D eigenvalue weighted by Crippen LogP contribution is 2.38. The van der Waals surface area contributed by atoms with E-state index in [2.05, 4.69) is 5.32 Å². The van der Waals surface area contributed by atoms with Gasteiger partial charge in [-0.05, 0) is 17.7 Å². The molecule has 0 radical (unpaired) electrons. The summed E-state index contributed by atoms with van der Waals surface area (Å²) in [6.45, 7) is -0.0553. The van der Waals surface area contributed by atoms with Gasteiger partial charge < -0.3 is 10.4 Å². The van der Waals surface area contributed by atoms with Crippen LogP contribution < -0.4 is 5.32 Å². The molecule has 0 aliphatic carbocycles. The Morgan fingerprint density at radius 2 is 1.57 bits per heavy atom. The summed E-state index contributed by atoms with van der Waals surface area (Å²) in [5, 5.41) is 12.7. The fraction of sp³-hybridized carbons (Fsp3) is 0.154. The highest BCUT2D eigenvalue weighted by molar-refractivity contribution is 6.67. The molecular formula is C13H8Cl7NO2. The Balaban J connectivity index is 3.48. The van der Waals surface area contributed by atoms with Crippen molar-refractivity contribution < 1.29 is 9.90 Å². The number of alkyl halides is 1. The summed E-state index contributed by atoms with van der Waals surface area (Å²) in [6, 6.07) is 2.78. The van der Waals surface area contributed by atoms with Crippen LogP contribution >= 0.6 is 81.2 Å². The van der Waals surface area contributed by atoms with E-state index in [1.54, 1.807) is 0 Å². The standard InChI is InChI=1S/C13H8Cl7NO2/c14-3-9(23)21-4-7-6(11(16)13(19)20)1-5(2-8(7)22)10(15)12(17)18/h1-2,22H,3-4H2,(H,21,23). The van der Waals surface area contributed by atoms with Crippen molar-refractivity contribution in [1.29, 1.82) is 0 Å². The van der Waals surface area contributed by atoms with Crippen molar-refractivity contribution >= 4 is 97.2 Å². The first-order valence-corrected chi connectivity index (χ1v) is 8.60. The van der Waals surface area contributed by atoms with Crippen molar-refractivity contribution in [2.45, 2.75) is 6.54 Å². The molecule has 0 aliphatic rings. The molecule has 0 spiro atoms. The molecule has 0 atom stereocenters. The summed E-state index contributed by atoms with van der Waals surface area (Å²) in [6.07, 6.45) is 0. The van der Waals surface area contributed by atoms with E-state index >= 15 is 0 Å². The van der Waals surface area contributed by atoms with E-state index in [0.29, 0.717) is 5.56 Å². The molecule has 1 amide bonds. The Morgan fingerprint density at radius 3 is 2.04 bits per heavy atom. The Hall–Kier alpha value is 0.000000000000000111. The van der Waals surface area contributed by atoms with E-state index in [4.69, 9.17) is 81.2 Å². The number of nitrogens with one attached hydrogen (secondary N) is 1. The molecule has 0 aromatic heterocycles. The van der Waals surface area contributed by atoms with Gasteiger partial charge in [0.1, 0.15) is 20.6 Å². The molecule has 1 aromatic carbocycles. The predicted octanol–water partition coefficient (Wildman–Crippen LogP) is 5.93. The van der Waals surface area contributed by atoms with Gasteiger partial charge in [-0.1, -0.05) is 69.6 Å². The molecule has 1 aromatic rings. The third kappa shape index (κ3) is 5.79. The molecule has 0 fully saturated rings. The Bertz CT molecular complexity index is 677. The van der Waals surface area contributed by atoms with Gasteiger partial charge in [0.2, 0.25) is 5.91 Å². The maximum absolute atomic E-state index is 11.3. The van der Waals surface area contributed by atoms with E-state index in [1.165, 1.54) is 12.1 Å². The van der Waals surface area contributed by atoms with E-state index < -0.39 is 5.91 Å². The third-order valence-electron chi connectivity index (χ3n) is 2.63. The average Bonchev–Trinajstić information content (AvgIpc) is 2.50.